The number of hydrogen-bond acceptors (Lipinski definition) is 6. The third-order valence-electron chi connectivity index (χ3n) is 9.22. The number of nitrogens with zero attached hydrogens (tertiary/aromatic N) is 2. The molecule has 4 atom stereocenters. The average Bonchev–Trinajstić information content (AvgIpc) is 3.76. The molecule has 5 rings (SSSR count). The van der Waals surface area contributed by atoms with Gasteiger partial charge in [-0.1, -0.05) is 64.2 Å². The van der Waals surface area contributed by atoms with Crippen LogP contribution in [0.1, 0.15) is 80.5 Å². The zero-order chi connectivity index (χ0) is 32.1. The molecule has 3 amide bonds. The predicted molar refractivity (Wildman–Crippen MR) is 172 cm³/mol. The predicted octanol–water partition coefficient (Wildman–Crippen LogP) is 3.41. The fraction of sp³-hybridized carbons (Fsp3) is 0.576. The molecule has 3 aromatic rings. The molecular formula is C33H45ClN6O5. The molecule has 3 heterocycles. The van der Waals surface area contributed by atoms with E-state index in [-0.39, 0.29) is 37.1 Å². The van der Waals surface area contributed by atoms with Crippen LogP contribution < -0.4 is 10.6 Å². The lowest BCUT2D eigenvalue weighted by atomic mass is 9.82. The summed E-state index contributed by atoms with van der Waals surface area (Å²) in [6.07, 6.45) is 7.48. The van der Waals surface area contributed by atoms with Gasteiger partial charge in [-0.15, -0.1) is 11.6 Å². The Morgan fingerprint density at radius 3 is 2.64 bits per heavy atom. The number of imidazole rings is 1. The highest BCUT2D eigenvalue weighted by atomic mass is 35.5. The second-order valence-electron chi connectivity index (χ2n) is 13.1. The molecule has 11 nitrogen and oxygen atoms in total. The highest BCUT2D eigenvalue weighted by Crippen LogP contribution is 2.33. The van der Waals surface area contributed by atoms with Crippen molar-refractivity contribution in [2.75, 3.05) is 12.4 Å². The van der Waals surface area contributed by atoms with E-state index in [0.717, 1.165) is 48.6 Å². The lowest BCUT2D eigenvalue weighted by Gasteiger charge is -2.35. The maximum atomic E-state index is 14.2. The number of aliphatic hydroxyl groups excluding tert-OH is 1. The van der Waals surface area contributed by atoms with Crippen molar-refractivity contribution in [1.29, 1.82) is 0 Å². The van der Waals surface area contributed by atoms with Crippen LogP contribution in [0.25, 0.3) is 10.9 Å². The molecule has 0 radical (unpaired) electrons. The minimum atomic E-state index is -2.02. The fourth-order valence-electron chi connectivity index (χ4n) is 6.66. The SMILES string of the molecule is CC(C)CNC(=O)[C@](O)(CCl)C[C@H](O)[C@H](CC1CCCCC1)NC(=O)[C@H](Cc1c[nH]cn1)N1Cc2c([nH]c3ccccc23)C1=O. The summed E-state index contributed by atoms with van der Waals surface area (Å²) in [4.78, 5) is 52.9. The minimum Gasteiger partial charge on any atom is -0.391 e. The van der Waals surface area contributed by atoms with Gasteiger partial charge in [0.05, 0.1) is 30.0 Å². The number of amides is 3. The molecule has 1 saturated carbocycles. The Kier molecular flexibility index (Phi) is 10.5. The zero-order valence-corrected chi connectivity index (χ0v) is 26.8. The van der Waals surface area contributed by atoms with Gasteiger partial charge in [-0.3, -0.25) is 14.4 Å². The Bertz CT molecular complexity index is 1470. The van der Waals surface area contributed by atoms with Gasteiger partial charge < -0.3 is 35.7 Å². The highest BCUT2D eigenvalue weighted by molar-refractivity contribution is 6.20. The molecule has 1 fully saturated rings. The first-order valence-corrected chi connectivity index (χ1v) is 16.6. The van der Waals surface area contributed by atoms with Crippen LogP contribution >= 0.6 is 11.6 Å². The number of aromatic amines is 2. The largest absolute Gasteiger partial charge is 0.391 e. The standard InChI is InChI=1S/C33H45ClN6O5/c1-20(2)15-36-32(44)33(45,18-34)14-28(41)26(12-21-8-4-3-5-9-21)39-30(42)27(13-22-16-35-19-37-22)40-17-24-23-10-6-7-11-25(23)38-29(24)31(40)43/h6-7,10-11,16,19-21,26-28,38,41,45H,3-5,8-9,12-15,17-18H2,1-2H3,(H,35,37)(H,36,44)(H,39,42)/t26-,27-,28-,33+/m0/s1. The molecule has 2 aromatic heterocycles. The van der Waals surface area contributed by atoms with Gasteiger partial charge in [0.25, 0.3) is 11.8 Å². The number of fused-ring (bicyclic) bond motifs is 3. The van der Waals surface area contributed by atoms with Crippen molar-refractivity contribution in [2.45, 2.75) is 95.5 Å². The Morgan fingerprint density at radius 1 is 1.20 bits per heavy atom. The number of aromatic nitrogens is 3. The molecule has 45 heavy (non-hydrogen) atoms. The van der Waals surface area contributed by atoms with Crippen molar-refractivity contribution in [1.82, 2.24) is 30.5 Å². The number of H-pyrrole nitrogens is 2. The van der Waals surface area contributed by atoms with Gasteiger partial charge >= 0.3 is 0 Å². The van der Waals surface area contributed by atoms with Gasteiger partial charge in [-0.2, -0.15) is 0 Å². The first-order chi connectivity index (χ1) is 21.6. The highest BCUT2D eigenvalue weighted by Gasteiger charge is 2.43. The van der Waals surface area contributed by atoms with E-state index in [4.69, 9.17) is 11.6 Å². The van der Waals surface area contributed by atoms with E-state index in [1.807, 2.05) is 38.1 Å². The van der Waals surface area contributed by atoms with Gasteiger partial charge in [0, 0.05) is 48.6 Å². The molecular weight excluding hydrogens is 596 g/mol. The van der Waals surface area contributed by atoms with Gasteiger partial charge in [-0.05, 0) is 24.3 Å². The van der Waals surface area contributed by atoms with Crippen molar-refractivity contribution < 1.29 is 24.6 Å². The number of benzene rings is 1. The molecule has 0 bridgehead atoms. The van der Waals surface area contributed by atoms with E-state index in [9.17, 15) is 24.6 Å². The number of alkyl halides is 1. The maximum absolute atomic E-state index is 14.2. The summed E-state index contributed by atoms with van der Waals surface area (Å²) < 4.78 is 0. The molecule has 0 unspecified atom stereocenters. The van der Waals surface area contributed by atoms with Gasteiger partial charge in [0.15, 0.2) is 5.60 Å². The van der Waals surface area contributed by atoms with Crippen molar-refractivity contribution >= 4 is 40.2 Å². The van der Waals surface area contributed by atoms with E-state index in [2.05, 4.69) is 25.6 Å². The summed E-state index contributed by atoms with van der Waals surface area (Å²) in [6.45, 7) is 4.48. The second-order valence-corrected chi connectivity index (χ2v) is 13.4. The van der Waals surface area contributed by atoms with E-state index < -0.39 is 41.5 Å². The van der Waals surface area contributed by atoms with E-state index in [0.29, 0.717) is 24.4 Å². The number of halogens is 1. The van der Waals surface area contributed by atoms with Crippen LogP contribution in [-0.2, 0) is 22.6 Å². The Hall–Kier alpha value is -3.41. The van der Waals surface area contributed by atoms with E-state index in [1.165, 1.54) is 6.33 Å². The summed E-state index contributed by atoms with van der Waals surface area (Å²) in [5.41, 5.74) is 0.771. The molecule has 6 N–H and O–H groups in total. The molecule has 1 aromatic carbocycles. The number of aliphatic hydroxyl groups is 2. The number of rotatable bonds is 14. The Balaban J connectivity index is 1.39. The normalized spacial score (nSPS) is 18.9. The van der Waals surface area contributed by atoms with Crippen LogP contribution in [0.4, 0.5) is 0 Å². The minimum absolute atomic E-state index is 0.163. The zero-order valence-electron chi connectivity index (χ0n) is 26.0. The third kappa shape index (κ3) is 7.53. The van der Waals surface area contributed by atoms with E-state index >= 15 is 0 Å². The van der Waals surface area contributed by atoms with Gasteiger partial charge in [0.2, 0.25) is 5.91 Å². The monoisotopic (exact) mass is 640 g/mol. The molecule has 0 spiro atoms. The number of para-hydroxylation sites is 1. The van der Waals surface area contributed by atoms with Gasteiger partial charge in [0.1, 0.15) is 11.7 Å². The topological polar surface area (TPSA) is 163 Å². The average molecular weight is 641 g/mol. The number of nitrogens with one attached hydrogen (secondary N) is 4. The third-order valence-corrected chi connectivity index (χ3v) is 9.66. The van der Waals surface area contributed by atoms with Crippen molar-refractivity contribution in [2.24, 2.45) is 11.8 Å². The molecule has 1 aliphatic heterocycles. The number of hydrogen-bond donors (Lipinski definition) is 6. The molecule has 244 valence electrons. The van der Waals surface area contributed by atoms with Crippen LogP contribution in [0.2, 0.25) is 0 Å². The van der Waals surface area contributed by atoms with Crippen LogP contribution in [0.15, 0.2) is 36.8 Å². The molecule has 12 heteroatoms. The fourth-order valence-corrected chi connectivity index (χ4v) is 6.89. The summed E-state index contributed by atoms with van der Waals surface area (Å²) in [7, 11) is 0. The summed E-state index contributed by atoms with van der Waals surface area (Å²) >= 11 is 6.11. The summed E-state index contributed by atoms with van der Waals surface area (Å²) in [5.74, 6) is -1.34. The van der Waals surface area contributed by atoms with Crippen molar-refractivity contribution in [3.8, 4) is 0 Å². The first kappa shape index (κ1) is 33.0. The Labute approximate surface area is 268 Å². The second kappa shape index (κ2) is 14.3. The first-order valence-electron chi connectivity index (χ1n) is 16.0. The number of carbonyl (C=O) groups is 3. The lowest BCUT2D eigenvalue weighted by molar-refractivity contribution is -0.141. The Morgan fingerprint density at radius 2 is 1.96 bits per heavy atom. The maximum Gasteiger partial charge on any atom is 0.271 e. The van der Waals surface area contributed by atoms with Crippen LogP contribution in [0.5, 0.6) is 0 Å². The quantitative estimate of drug-likeness (QED) is 0.148. The summed E-state index contributed by atoms with van der Waals surface area (Å²) in [5, 5.41) is 29.5. The molecule has 0 saturated heterocycles. The van der Waals surface area contributed by atoms with Gasteiger partial charge in [-0.25, -0.2) is 4.98 Å². The van der Waals surface area contributed by atoms with Crippen LogP contribution in [-0.4, -0.2) is 84.0 Å². The van der Waals surface area contributed by atoms with Crippen molar-refractivity contribution in [3.63, 3.8) is 0 Å². The smallest absolute Gasteiger partial charge is 0.271 e. The van der Waals surface area contributed by atoms with Crippen molar-refractivity contribution in [3.05, 3.63) is 53.7 Å². The van der Waals surface area contributed by atoms with Crippen LogP contribution in [0, 0.1) is 11.8 Å². The van der Waals surface area contributed by atoms with E-state index in [1.54, 1.807) is 11.1 Å². The molecule has 2 aliphatic rings. The van der Waals surface area contributed by atoms with Crippen LogP contribution in [0.3, 0.4) is 0 Å². The molecule has 1 aliphatic carbocycles. The summed E-state index contributed by atoms with van der Waals surface area (Å²) in [6, 6.07) is 6.01. The number of carbonyl (C=O) groups excluding carboxylic acids is 3. The lowest BCUT2D eigenvalue weighted by Crippen LogP contribution is -2.57.